The van der Waals surface area contributed by atoms with Gasteiger partial charge in [0.25, 0.3) is 5.91 Å². The van der Waals surface area contributed by atoms with Crippen molar-refractivity contribution in [3.05, 3.63) is 94.0 Å². The van der Waals surface area contributed by atoms with E-state index in [2.05, 4.69) is 0 Å². The molecule has 30 heavy (non-hydrogen) atoms. The first-order valence-corrected chi connectivity index (χ1v) is 10.1. The van der Waals surface area contributed by atoms with Crippen LogP contribution in [0.3, 0.4) is 0 Å². The van der Waals surface area contributed by atoms with E-state index in [0.29, 0.717) is 34.4 Å². The number of hydrogen-bond donors (Lipinski definition) is 0. The summed E-state index contributed by atoms with van der Waals surface area (Å²) >= 11 is 0. The van der Waals surface area contributed by atoms with E-state index in [4.69, 9.17) is 8.83 Å². The number of carbonyl (C=O) groups is 1. The molecule has 2 aromatic heterocycles. The third-order valence-electron chi connectivity index (χ3n) is 5.57. The predicted octanol–water partition coefficient (Wildman–Crippen LogP) is 5.17. The van der Waals surface area contributed by atoms with Crippen molar-refractivity contribution in [2.24, 2.45) is 0 Å². The fraction of sp³-hybridized carbons (Fsp3) is 0.200. The van der Waals surface area contributed by atoms with E-state index in [1.54, 1.807) is 31.4 Å². The highest BCUT2D eigenvalue weighted by Crippen LogP contribution is 2.32. The molecule has 2 heterocycles. The lowest BCUT2D eigenvalue weighted by Gasteiger charge is -2.22. The van der Waals surface area contributed by atoms with Gasteiger partial charge in [-0.25, -0.2) is 0 Å². The first-order valence-electron chi connectivity index (χ1n) is 10.1. The van der Waals surface area contributed by atoms with Crippen LogP contribution in [0.5, 0.6) is 0 Å². The number of furan rings is 1. The third kappa shape index (κ3) is 3.22. The zero-order valence-corrected chi connectivity index (χ0v) is 16.6. The molecule has 0 atom stereocenters. The lowest BCUT2D eigenvalue weighted by Crippen LogP contribution is -2.32. The van der Waals surface area contributed by atoms with Crippen LogP contribution in [-0.4, -0.2) is 16.8 Å². The summed E-state index contributed by atoms with van der Waals surface area (Å²) in [5, 5.41) is 0.423. The van der Waals surface area contributed by atoms with Gasteiger partial charge in [0.05, 0.1) is 23.8 Å². The van der Waals surface area contributed by atoms with Gasteiger partial charge >= 0.3 is 0 Å². The van der Waals surface area contributed by atoms with Crippen LogP contribution in [0.25, 0.3) is 22.3 Å². The maximum absolute atomic E-state index is 13.5. The molecule has 0 unspecified atom stereocenters. The molecule has 0 bridgehead atoms. The highest BCUT2D eigenvalue weighted by molar-refractivity contribution is 6.05. The van der Waals surface area contributed by atoms with Crippen LogP contribution in [0, 0.1) is 6.92 Å². The van der Waals surface area contributed by atoms with Crippen molar-refractivity contribution in [1.29, 1.82) is 0 Å². The van der Waals surface area contributed by atoms with Gasteiger partial charge in [0.1, 0.15) is 11.5 Å². The van der Waals surface area contributed by atoms with Crippen LogP contribution < -0.4 is 5.43 Å². The van der Waals surface area contributed by atoms with Crippen molar-refractivity contribution in [2.45, 2.75) is 32.4 Å². The highest BCUT2D eigenvalue weighted by atomic mass is 16.3. The molecule has 1 fully saturated rings. The van der Waals surface area contributed by atoms with E-state index in [9.17, 15) is 9.59 Å². The Balaban J connectivity index is 1.64. The molecule has 0 saturated heterocycles. The lowest BCUT2D eigenvalue weighted by atomic mass is 10.0. The molecular formula is C25H21NO4. The van der Waals surface area contributed by atoms with Crippen molar-refractivity contribution in [1.82, 2.24) is 4.90 Å². The SMILES string of the molecule is Cc1c(-c2ccccc2)oc2c(C(=O)N(Cc3ccco3)C3CC3)cccc2c1=O. The number of nitrogens with zero attached hydrogens (tertiary/aromatic N) is 1. The van der Waals surface area contributed by atoms with E-state index in [1.807, 2.05) is 47.4 Å². The molecule has 5 rings (SSSR count). The third-order valence-corrected chi connectivity index (χ3v) is 5.57. The van der Waals surface area contributed by atoms with Crippen molar-refractivity contribution in [3.63, 3.8) is 0 Å². The van der Waals surface area contributed by atoms with Crippen LogP contribution in [0.4, 0.5) is 0 Å². The Morgan fingerprint density at radius 1 is 1.03 bits per heavy atom. The average molecular weight is 399 g/mol. The highest BCUT2D eigenvalue weighted by Gasteiger charge is 2.34. The van der Waals surface area contributed by atoms with Gasteiger partial charge in [-0.2, -0.15) is 0 Å². The topological polar surface area (TPSA) is 63.7 Å². The Bertz CT molecular complexity index is 1270. The second-order valence-corrected chi connectivity index (χ2v) is 7.68. The molecule has 1 aliphatic carbocycles. The van der Waals surface area contributed by atoms with Crippen molar-refractivity contribution >= 4 is 16.9 Å². The molecule has 1 saturated carbocycles. The molecule has 0 aliphatic heterocycles. The summed E-state index contributed by atoms with van der Waals surface area (Å²) in [7, 11) is 0. The molecule has 5 heteroatoms. The largest absolute Gasteiger partial charge is 0.467 e. The summed E-state index contributed by atoms with van der Waals surface area (Å²) < 4.78 is 11.7. The summed E-state index contributed by atoms with van der Waals surface area (Å²) in [6.07, 6.45) is 3.54. The van der Waals surface area contributed by atoms with Gasteiger partial charge in [0.2, 0.25) is 0 Å². The molecule has 0 N–H and O–H groups in total. The predicted molar refractivity (Wildman–Crippen MR) is 114 cm³/mol. The molecule has 0 spiro atoms. The zero-order chi connectivity index (χ0) is 20.7. The fourth-order valence-corrected chi connectivity index (χ4v) is 3.82. The van der Waals surface area contributed by atoms with Crippen molar-refractivity contribution < 1.29 is 13.6 Å². The number of benzene rings is 2. The van der Waals surface area contributed by atoms with Gasteiger partial charge in [-0.05, 0) is 44.0 Å². The Hall–Kier alpha value is -3.60. The van der Waals surface area contributed by atoms with Crippen molar-refractivity contribution in [2.75, 3.05) is 0 Å². The molecular weight excluding hydrogens is 378 g/mol. The maximum atomic E-state index is 13.5. The van der Waals surface area contributed by atoms with E-state index >= 15 is 0 Å². The summed E-state index contributed by atoms with van der Waals surface area (Å²) in [5.74, 6) is 1.08. The van der Waals surface area contributed by atoms with Crippen LogP contribution in [-0.2, 0) is 6.54 Å². The Morgan fingerprint density at radius 3 is 2.53 bits per heavy atom. The van der Waals surface area contributed by atoms with E-state index in [1.165, 1.54) is 0 Å². The number of carbonyl (C=O) groups excluding carboxylic acids is 1. The molecule has 0 radical (unpaired) electrons. The minimum absolute atomic E-state index is 0.117. The monoisotopic (exact) mass is 399 g/mol. The van der Waals surface area contributed by atoms with Gasteiger partial charge in [-0.15, -0.1) is 0 Å². The summed E-state index contributed by atoms with van der Waals surface area (Å²) in [5.41, 5.74) is 1.97. The average Bonchev–Trinajstić information content (AvgIpc) is 3.49. The van der Waals surface area contributed by atoms with Crippen LogP contribution in [0.2, 0.25) is 0 Å². The maximum Gasteiger partial charge on any atom is 0.258 e. The zero-order valence-electron chi connectivity index (χ0n) is 16.6. The number of rotatable bonds is 5. The van der Waals surface area contributed by atoms with Gasteiger partial charge in [-0.1, -0.05) is 36.4 Å². The lowest BCUT2D eigenvalue weighted by molar-refractivity contribution is 0.0718. The Morgan fingerprint density at radius 2 is 1.83 bits per heavy atom. The van der Waals surface area contributed by atoms with E-state index < -0.39 is 0 Å². The van der Waals surface area contributed by atoms with Crippen LogP contribution in [0.15, 0.2) is 80.6 Å². The van der Waals surface area contributed by atoms with Crippen LogP contribution >= 0.6 is 0 Å². The van der Waals surface area contributed by atoms with Crippen LogP contribution in [0.1, 0.15) is 34.5 Å². The summed E-state index contributed by atoms with van der Waals surface area (Å²) in [4.78, 5) is 28.4. The quantitative estimate of drug-likeness (QED) is 0.465. The second kappa shape index (κ2) is 7.34. The van der Waals surface area contributed by atoms with Crippen molar-refractivity contribution in [3.8, 4) is 11.3 Å². The van der Waals surface area contributed by atoms with E-state index in [-0.39, 0.29) is 17.4 Å². The molecule has 2 aromatic carbocycles. The summed E-state index contributed by atoms with van der Waals surface area (Å²) in [6, 6.07) is 18.6. The summed E-state index contributed by atoms with van der Waals surface area (Å²) in [6.45, 7) is 2.16. The molecule has 1 aliphatic rings. The van der Waals surface area contributed by atoms with Gasteiger partial charge < -0.3 is 13.7 Å². The first kappa shape index (κ1) is 18.4. The Labute approximate surface area is 173 Å². The number of hydrogen-bond acceptors (Lipinski definition) is 4. The second-order valence-electron chi connectivity index (χ2n) is 7.68. The minimum atomic E-state index is -0.148. The minimum Gasteiger partial charge on any atom is -0.467 e. The number of amides is 1. The fourth-order valence-electron chi connectivity index (χ4n) is 3.82. The standard InChI is InChI=1S/C25H21NO4/c1-16-22(27)20-10-5-11-21(24(20)30-23(16)17-7-3-2-4-8-17)25(28)26(18-12-13-18)15-19-9-6-14-29-19/h2-11,14,18H,12-13,15H2,1H3. The first-order chi connectivity index (χ1) is 14.6. The van der Waals surface area contributed by atoms with Gasteiger partial charge in [-0.3, -0.25) is 9.59 Å². The molecule has 4 aromatic rings. The number of fused-ring (bicyclic) bond motifs is 1. The van der Waals surface area contributed by atoms with Gasteiger partial charge in [0, 0.05) is 17.2 Å². The molecule has 1 amide bonds. The normalized spacial score (nSPS) is 13.5. The molecule has 150 valence electrons. The Kier molecular flexibility index (Phi) is 4.51. The smallest absolute Gasteiger partial charge is 0.258 e. The van der Waals surface area contributed by atoms with E-state index in [0.717, 1.165) is 24.2 Å². The number of para-hydroxylation sites is 1. The molecule has 5 nitrogen and oxygen atoms in total. The van der Waals surface area contributed by atoms with Gasteiger partial charge in [0.15, 0.2) is 11.0 Å².